The molecule has 1 aromatic heterocycles. The van der Waals surface area contributed by atoms with Crippen molar-refractivity contribution < 1.29 is 14.0 Å². The Kier molecular flexibility index (Phi) is 7.70. The van der Waals surface area contributed by atoms with Crippen LogP contribution in [0.2, 0.25) is 5.02 Å². The van der Waals surface area contributed by atoms with E-state index in [1.165, 1.54) is 30.6 Å². The third-order valence-corrected chi connectivity index (χ3v) is 4.97. The number of nitrogens with one attached hydrogen (secondary N) is 1. The number of amides is 2. The van der Waals surface area contributed by atoms with Crippen LogP contribution in [0.1, 0.15) is 32.7 Å². The second-order valence-corrected chi connectivity index (χ2v) is 7.28. The van der Waals surface area contributed by atoms with Crippen molar-refractivity contribution in [1.29, 1.82) is 0 Å². The summed E-state index contributed by atoms with van der Waals surface area (Å²) in [5, 5.41) is 3.26. The third-order valence-electron chi connectivity index (χ3n) is 4.60. The molecule has 160 valence electrons. The highest BCUT2D eigenvalue weighted by molar-refractivity contribution is 6.31. The first-order chi connectivity index (χ1) is 15.0. The summed E-state index contributed by atoms with van der Waals surface area (Å²) in [6.07, 6.45) is 3.66. The summed E-state index contributed by atoms with van der Waals surface area (Å²) in [4.78, 5) is 30.8. The second-order valence-electron chi connectivity index (χ2n) is 6.88. The van der Waals surface area contributed by atoms with Crippen molar-refractivity contribution in [2.75, 3.05) is 18.4 Å². The first kappa shape index (κ1) is 22.4. The number of nitrogens with two attached hydrogens (primary N) is 1. The maximum atomic E-state index is 13.6. The van der Waals surface area contributed by atoms with Gasteiger partial charge >= 0.3 is 0 Å². The van der Waals surface area contributed by atoms with Gasteiger partial charge in [-0.1, -0.05) is 17.7 Å². The molecule has 0 aliphatic carbocycles. The Morgan fingerprint density at radius 1 is 1.06 bits per heavy atom. The lowest BCUT2D eigenvalue weighted by Gasteiger charge is -2.24. The number of hydrogen-bond acceptors (Lipinski definition) is 4. The van der Waals surface area contributed by atoms with Gasteiger partial charge in [-0.2, -0.15) is 0 Å². The number of pyridine rings is 1. The van der Waals surface area contributed by atoms with Gasteiger partial charge < -0.3 is 16.0 Å². The molecule has 0 fully saturated rings. The van der Waals surface area contributed by atoms with Crippen molar-refractivity contribution in [3.63, 3.8) is 0 Å². The Balaban J connectivity index is 1.81. The molecule has 0 radical (unpaired) electrons. The summed E-state index contributed by atoms with van der Waals surface area (Å²) in [6, 6.07) is 13.8. The minimum absolute atomic E-state index is 0.188. The van der Waals surface area contributed by atoms with E-state index < -0.39 is 5.82 Å². The van der Waals surface area contributed by atoms with Gasteiger partial charge in [0, 0.05) is 47.3 Å². The van der Waals surface area contributed by atoms with E-state index in [1.54, 1.807) is 41.3 Å². The molecule has 3 rings (SSSR count). The van der Waals surface area contributed by atoms with Crippen molar-refractivity contribution in [1.82, 2.24) is 9.88 Å². The standard InChI is InChI=1S/C23H22ClFN4O2/c24-21-6-5-20(28-22(30)16-7-10-27-11-8-16)14-18(21)15-29(12-2-9-26)23(31)17-3-1-4-19(25)13-17/h1,3-8,10-11,13-14H,2,9,12,15,26H2,(H,28,30). The zero-order valence-corrected chi connectivity index (χ0v) is 17.5. The Morgan fingerprint density at radius 2 is 1.84 bits per heavy atom. The molecule has 31 heavy (non-hydrogen) atoms. The van der Waals surface area contributed by atoms with E-state index in [9.17, 15) is 14.0 Å². The number of nitrogens with zero attached hydrogens (tertiary/aromatic N) is 2. The summed E-state index contributed by atoms with van der Waals surface area (Å²) in [5.74, 6) is -1.09. The normalized spacial score (nSPS) is 10.5. The highest BCUT2D eigenvalue weighted by Gasteiger charge is 2.18. The minimum Gasteiger partial charge on any atom is -0.334 e. The predicted molar refractivity (Wildman–Crippen MR) is 118 cm³/mol. The minimum atomic E-state index is -0.483. The van der Waals surface area contributed by atoms with Gasteiger partial charge in [-0.15, -0.1) is 0 Å². The zero-order chi connectivity index (χ0) is 22.2. The molecule has 0 saturated carbocycles. The molecular formula is C23H22ClFN4O2. The fourth-order valence-electron chi connectivity index (χ4n) is 3.02. The first-order valence-electron chi connectivity index (χ1n) is 9.72. The van der Waals surface area contributed by atoms with Crippen LogP contribution in [0.4, 0.5) is 10.1 Å². The Morgan fingerprint density at radius 3 is 2.55 bits per heavy atom. The van der Waals surface area contributed by atoms with Gasteiger partial charge in [0.05, 0.1) is 0 Å². The van der Waals surface area contributed by atoms with Gasteiger partial charge in [0.15, 0.2) is 0 Å². The summed E-state index contributed by atoms with van der Waals surface area (Å²) < 4.78 is 13.6. The Bertz CT molecular complexity index is 1060. The number of benzene rings is 2. The van der Waals surface area contributed by atoms with Crippen molar-refractivity contribution in [2.45, 2.75) is 13.0 Å². The summed E-state index contributed by atoms with van der Waals surface area (Å²) >= 11 is 6.36. The fourth-order valence-corrected chi connectivity index (χ4v) is 3.20. The van der Waals surface area contributed by atoms with Gasteiger partial charge in [-0.25, -0.2) is 4.39 Å². The average molecular weight is 441 g/mol. The van der Waals surface area contributed by atoms with Crippen LogP contribution in [-0.2, 0) is 6.54 Å². The van der Waals surface area contributed by atoms with Crippen LogP contribution < -0.4 is 11.1 Å². The van der Waals surface area contributed by atoms with Crippen molar-refractivity contribution in [3.05, 3.63) is 94.5 Å². The Hall–Kier alpha value is -3.29. The van der Waals surface area contributed by atoms with Crippen molar-refractivity contribution in [2.24, 2.45) is 5.73 Å². The van der Waals surface area contributed by atoms with E-state index in [0.717, 1.165) is 0 Å². The largest absolute Gasteiger partial charge is 0.334 e. The molecule has 0 atom stereocenters. The smallest absolute Gasteiger partial charge is 0.255 e. The van der Waals surface area contributed by atoms with Gasteiger partial charge in [0.25, 0.3) is 11.8 Å². The van der Waals surface area contributed by atoms with Crippen molar-refractivity contribution in [3.8, 4) is 0 Å². The summed E-state index contributed by atoms with van der Waals surface area (Å²) in [5.41, 5.74) is 7.53. The van der Waals surface area contributed by atoms with E-state index in [2.05, 4.69) is 10.3 Å². The number of aromatic nitrogens is 1. The topological polar surface area (TPSA) is 88.3 Å². The third kappa shape index (κ3) is 6.10. The quantitative estimate of drug-likeness (QED) is 0.551. The fraction of sp³-hybridized carbons (Fsp3) is 0.174. The number of anilines is 1. The molecule has 3 aromatic rings. The molecular weight excluding hydrogens is 419 g/mol. The Labute approximate surface area is 184 Å². The van der Waals surface area contributed by atoms with Crippen LogP contribution in [0.3, 0.4) is 0 Å². The van der Waals surface area contributed by atoms with Crippen LogP contribution in [-0.4, -0.2) is 34.8 Å². The molecule has 0 aliphatic rings. The molecule has 2 aromatic carbocycles. The van der Waals surface area contributed by atoms with E-state index in [0.29, 0.717) is 41.3 Å². The van der Waals surface area contributed by atoms with E-state index in [-0.39, 0.29) is 23.9 Å². The molecule has 2 amide bonds. The van der Waals surface area contributed by atoms with E-state index in [4.69, 9.17) is 17.3 Å². The second kappa shape index (κ2) is 10.7. The van der Waals surface area contributed by atoms with Crippen LogP contribution in [0.15, 0.2) is 67.0 Å². The lowest BCUT2D eigenvalue weighted by Crippen LogP contribution is -2.32. The van der Waals surface area contributed by atoms with Crippen LogP contribution >= 0.6 is 11.6 Å². The van der Waals surface area contributed by atoms with Crippen LogP contribution in [0.5, 0.6) is 0 Å². The monoisotopic (exact) mass is 440 g/mol. The van der Waals surface area contributed by atoms with Crippen LogP contribution in [0, 0.1) is 5.82 Å². The lowest BCUT2D eigenvalue weighted by atomic mass is 10.1. The number of rotatable bonds is 8. The molecule has 0 unspecified atom stereocenters. The maximum Gasteiger partial charge on any atom is 0.255 e. The highest BCUT2D eigenvalue weighted by Crippen LogP contribution is 2.24. The summed E-state index contributed by atoms with van der Waals surface area (Å²) in [7, 11) is 0. The molecule has 6 nitrogen and oxygen atoms in total. The molecule has 1 heterocycles. The molecule has 8 heteroatoms. The van der Waals surface area contributed by atoms with Gasteiger partial charge in [0.1, 0.15) is 5.82 Å². The lowest BCUT2D eigenvalue weighted by molar-refractivity contribution is 0.0741. The van der Waals surface area contributed by atoms with Crippen LogP contribution in [0.25, 0.3) is 0 Å². The molecule has 0 aliphatic heterocycles. The zero-order valence-electron chi connectivity index (χ0n) is 16.7. The van der Waals surface area contributed by atoms with E-state index >= 15 is 0 Å². The van der Waals surface area contributed by atoms with E-state index in [1.807, 2.05) is 0 Å². The molecule has 3 N–H and O–H groups in total. The first-order valence-corrected chi connectivity index (χ1v) is 10.1. The molecule has 0 bridgehead atoms. The van der Waals surface area contributed by atoms with Gasteiger partial charge in [0.2, 0.25) is 0 Å². The average Bonchev–Trinajstić information content (AvgIpc) is 2.78. The SMILES string of the molecule is NCCCN(Cc1cc(NC(=O)c2ccncc2)ccc1Cl)C(=O)c1cccc(F)c1. The number of carbonyl (C=O) groups is 2. The predicted octanol–water partition coefficient (Wildman–Crippen LogP) is 4.12. The summed E-state index contributed by atoms with van der Waals surface area (Å²) in [6.45, 7) is 0.978. The van der Waals surface area contributed by atoms with Gasteiger partial charge in [-0.05, 0) is 67.1 Å². The molecule has 0 saturated heterocycles. The molecule has 0 spiro atoms. The van der Waals surface area contributed by atoms with Gasteiger partial charge in [-0.3, -0.25) is 14.6 Å². The highest BCUT2D eigenvalue weighted by atomic mass is 35.5. The van der Waals surface area contributed by atoms with Crippen molar-refractivity contribution >= 4 is 29.1 Å². The number of hydrogen-bond donors (Lipinski definition) is 2. The maximum absolute atomic E-state index is 13.6. The number of carbonyl (C=O) groups excluding carboxylic acids is 2. The number of halogens is 2.